The Bertz CT molecular complexity index is 915. The molecular weight excluding hydrogens is 513 g/mol. The minimum Gasteiger partial charge on any atom is -0.495 e. The molecule has 1 unspecified atom stereocenters. The lowest BCUT2D eigenvalue weighted by Gasteiger charge is -2.22. The van der Waals surface area contributed by atoms with Crippen molar-refractivity contribution in [2.45, 2.75) is 25.9 Å². The van der Waals surface area contributed by atoms with Crippen molar-refractivity contribution < 1.29 is 4.74 Å². The van der Waals surface area contributed by atoms with Crippen molar-refractivity contribution in [2.75, 3.05) is 31.6 Å². The summed E-state index contributed by atoms with van der Waals surface area (Å²) in [5.74, 6) is 1.60. The van der Waals surface area contributed by atoms with Gasteiger partial charge in [-0.2, -0.15) is 5.26 Å². The number of methoxy groups -OCH3 is 1. The van der Waals surface area contributed by atoms with E-state index in [9.17, 15) is 0 Å². The third-order valence-electron chi connectivity index (χ3n) is 4.83. The van der Waals surface area contributed by atoms with E-state index in [-0.39, 0.29) is 30.0 Å². The quantitative estimate of drug-likeness (QED) is 0.328. The van der Waals surface area contributed by atoms with Gasteiger partial charge in [0.1, 0.15) is 5.75 Å². The molecule has 2 aromatic carbocycles. The lowest BCUT2D eigenvalue weighted by molar-refractivity contribution is 0.415. The molecule has 0 radical (unpaired) electrons. The second-order valence-electron chi connectivity index (χ2n) is 6.90. The van der Waals surface area contributed by atoms with E-state index in [0.717, 1.165) is 49.0 Å². The van der Waals surface area contributed by atoms with Gasteiger partial charge in [0.25, 0.3) is 0 Å². The Labute approximate surface area is 200 Å². The molecule has 0 spiro atoms. The van der Waals surface area contributed by atoms with Gasteiger partial charge in [0.15, 0.2) is 5.96 Å². The fourth-order valence-electron chi connectivity index (χ4n) is 3.43. The van der Waals surface area contributed by atoms with Crippen LogP contribution in [0.5, 0.6) is 5.75 Å². The average molecular weight is 540 g/mol. The third kappa shape index (κ3) is 6.41. The number of halogens is 2. The molecule has 0 aromatic heterocycles. The van der Waals surface area contributed by atoms with E-state index in [2.05, 4.69) is 26.6 Å². The number of rotatable bonds is 6. The van der Waals surface area contributed by atoms with Crippen molar-refractivity contribution in [1.82, 2.24) is 10.6 Å². The number of hydrogen-bond donors (Lipinski definition) is 2. The molecule has 0 amide bonds. The molecule has 0 bridgehead atoms. The maximum absolute atomic E-state index is 9.05. The molecule has 8 heteroatoms. The van der Waals surface area contributed by atoms with Crippen LogP contribution >= 0.6 is 35.6 Å². The van der Waals surface area contributed by atoms with E-state index in [4.69, 9.17) is 21.6 Å². The second kappa shape index (κ2) is 11.9. The van der Waals surface area contributed by atoms with Crippen molar-refractivity contribution >= 4 is 47.2 Å². The van der Waals surface area contributed by atoms with Gasteiger partial charge in [-0.05, 0) is 49.2 Å². The highest BCUT2D eigenvalue weighted by Crippen LogP contribution is 2.33. The molecule has 1 fully saturated rings. The summed E-state index contributed by atoms with van der Waals surface area (Å²) in [4.78, 5) is 6.97. The van der Waals surface area contributed by atoms with Crippen molar-refractivity contribution in [3.63, 3.8) is 0 Å². The highest BCUT2D eigenvalue weighted by atomic mass is 127. The highest BCUT2D eigenvalue weighted by Gasteiger charge is 2.25. The lowest BCUT2D eigenvalue weighted by Crippen LogP contribution is -2.44. The number of aliphatic imine (C=N–C) groups is 1. The summed E-state index contributed by atoms with van der Waals surface area (Å²) in [5.41, 5.74) is 2.68. The Kier molecular flexibility index (Phi) is 9.53. The number of nitrogens with zero attached hydrogens (tertiary/aromatic N) is 3. The zero-order valence-electron chi connectivity index (χ0n) is 17.2. The fraction of sp³-hybridized carbons (Fsp3) is 0.364. The van der Waals surface area contributed by atoms with Crippen LogP contribution in [0.1, 0.15) is 24.5 Å². The van der Waals surface area contributed by atoms with Crippen molar-refractivity contribution in [2.24, 2.45) is 4.99 Å². The first-order chi connectivity index (χ1) is 14.1. The summed E-state index contributed by atoms with van der Waals surface area (Å²) in [6.07, 6.45) is 0.990. The van der Waals surface area contributed by atoms with E-state index >= 15 is 0 Å². The molecule has 1 heterocycles. The standard InChI is InChI=1S/C22H26ClN5O.HI/c1-3-25-22(26-14-17-6-4-5-16(11-17)13-24)27-19-9-10-28(15-19)20-12-18(23)7-8-21(20)29-2;/h4-8,11-12,19H,3,9-10,14-15H2,1-2H3,(H2,25,26,27);1H. The molecule has 0 saturated carbocycles. The first kappa shape index (κ1) is 24.1. The van der Waals surface area contributed by atoms with Gasteiger partial charge in [-0.25, -0.2) is 4.99 Å². The highest BCUT2D eigenvalue weighted by molar-refractivity contribution is 14.0. The minimum atomic E-state index is 0. The van der Waals surface area contributed by atoms with E-state index in [1.807, 2.05) is 43.3 Å². The molecule has 1 atom stereocenters. The van der Waals surface area contributed by atoms with Crippen LogP contribution in [0, 0.1) is 11.3 Å². The first-order valence-corrected chi connectivity index (χ1v) is 10.1. The van der Waals surface area contributed by atoms with E-state index < -0.39 is 0 Å². The molecular formula is C22H27ClIN5O. The number of nitriles is 1. The Hall–Kier alpha value is -2.18. The molecule has 6 nitrogen and oxygen atoms in total. The predicted molar refractivity (Wildman–Crippen MR) is 133 cm³/mol. The van der Waals surface area contributed by atoms with Gasteiger partial charge < -0.3 is 20.3 Å². The molecule has 1 aliphatic rings. The van der Waals surface area contributed by atoms with Crippen LogP contribution in [0.2, 0.25) is 5.02 Å². The summed E-state index contributed by atoms with van der Waals surface area (Å²) in [6.45, 7) is 5.10. The lowest BCUT2D eigenvalue weighted by atomic mass is 10.1. The predicted octanol–water partition coefficient (Wildman–Crippen LogP) is 4.17. The SMILES string of the molecule is CCNC(=NCc1cccc(C#N)c1)NC1CCN(c2cc(Cl)ccc2OC)C1.I. The number of hydrogen-bond acceptors (Lipinski definition) is 4. The molecule has 30 heavy (non-hydrogen) atoms. The summed E-state index contributed by atoms with van der Waals surface area (Å²) < 4.78 is 5.49. The normalized spacial score (nSPS) is 15.9. The summed E-state index contributed by atoms with van der Waals surface area (Å²) in [5, 5.41) is 16.6. The van der Waals surface area contributed by atoms with E-state index in [1.54, 1.807) is 13.2 Å². The summed E-state index contributed by atoms with van der Waals surface area (Å²) in [7, 11) is 1.68. The number of anilines is 1. The van der Waals surface area contributed by atoms with Crippen molar-refractivity contribution in [1.29, 1.82) is 5.26 Å². The zero-order valence-corrected chi connectivity index (χ0v) is 20.3. The number of ether oxygens (including phenoxy) is 1. The Morgan fingerprint density at radius 1 is 1.33 bits per heavy atom. The molecule has 1 saturated heterocycles. The Morgan fingerprint density at radius 3 is 2.90 bits per heavy atom. The first-order valence-electron chi connectivity index (χ1n) is 9.75. The maximum Gasteiger partial charge on any atom is 0.191 e. The van der Waals surface area contributed by atoms with Crippen LogP contribution < -0.4 is 20.3 Å². The monoisotopic (exact) mass is 539 g/mol. The molecule has 3 rings (SSSR count). The molecule has 2 N–H and O–H groups in total. The summed E-state index contributed by atoms with van der Waals surface area (Å²) >= 11 is 6.19. The third-order valence-corrected chi connectivity index (χ3v) is 5.07. The maximum atomic E-state index is 9.05. The number of nitrogens with one attached hydrogen (secondary N) is 2. The van der Waals surface area contributed by atoms with Crippen LogP contribution in [0.3, 0.4) is 0 Å². The molecule has 2 aromatic rings. The van der Waals surface area contributed by atoms with Crippen LogP contribution in [-0.2, 0) is 6.54 Å². The Balaban J connectivity index is 0.00000320. The number of guanidine groups is 1. The average Bonchev–Trinajstić information content (AvgIpc) is 3.20. The van der Waals surface area contributed by atoms with E-state index in [0.29, 0.717) is 17.1 Å². The second-order valence-corrected chi connectivity index (χ2v) is 7.34. The molecule has 1 aliphatic heterocycles. The smallest absolute Gasteiger partial charge is 0.191 e. The van der Waals surface area contributed by atoms with Gasteiger partial charge in [0.2, 0.25) is 0 Å². The van der Waals surface area contributed by atoms with Gasteiger partial charge in [0.05, 0.1) is 31.0 Å². The van der Waals surface area contributed by atoms with Crippen LogP contribution in [0.25, 0.3) is 0 Å². The van der Waals surface area contributed by atoms with Gasteiger partial charge in [-0.15, -0.1) is 24.0 Å². The van der Waals surface area contributed by atoms with Crippen LogP contribution in [-0.4, -0.2) is 38.7 Å². The van der Waals surface area contributed by atoms with Crippen molar-refractivity contribution in [3.05, 3.63) is 58.6 Å². The summed E-state index contributed by atoms with van der Waals surface area (Å²) in [6, 6.07) is 15.7. The zero-order chi connectivity index (χ0) is 20.6. The van der Waals surface area contributed by atoms with Crippen LogP contribution in [0.4, 0.5) is 5.69 Å². The van der Waals surface area contributed by atoms with Crippen molar-refractivity contribution in [3.8, 4) is 11.8 Å². The van der Waals surface area contributed by atoms with Gasteiger partial charge in [-0.1, -0.05) is 23.7 Å². The van der Waals surface area contributed by atoms with Gasteiger partial charge in [-0.3, -0.25) is 0 Å². The van der Waals surface area contributed by atoms with E-state index in [1.165, 1.54) is 0 Å². The fourth-order valence-corrected chi connectivity index (χ4v) is 3.60. The largest absolute Gasteiger partial charge is 0.495 e. The molecule has 160 valence electrons. The molecule has 0 aliphatic carbocycles. The Morgan fingerprint density at radius 2 is 2.17 bits per heavy atom. The van der Waals surface area contributed by atoms with Gasteiger partial charge >= 0.3 is 0 Å². The minimum absolute atomic E-state index is 0. The van der Waals surface area contributed by atoms with Gasteiger partial charge in [0, 0.05) is 30.7 Å². The topological polar surface area (TPSA) is 72.7 Å². The van der Waals surface area contributed by atoms with Crippen LogP contribution in [0.15, 0.2) is 47.5 Å². The number of benzene rings is 2.